The number of hydrogen-bond donors (Lipinski definition) is 1. The van der Waals surface area contributed by atoms with E-state index in [1.54, 1.807) is 4.90 Å². The number of benzene rings is 2. The molecule has 2 amide bonds. The van der Waals surface area contributed by atoms with Crippen LogP contribution in [-0.4, -0.2) is 27.4 Å². The molecule has 0 unspecified atom stereocenters. The Morgan fingerprint density at radius 3 is 2.78 bits per heavy atom. The van der Waals surface area contributed by atoms with Crippen molar-refractivity contribution in [3.63, 3.8) is 0 Å². The maximum Gasteiger partial charge on any atom is 0.253 e. The Hall–Kier alpha value is -3.15. The molecule has 1 fully saturated rings. The van der Waals surface area contributed by atoms with Gasteiger partial charge in [0.25, 0.3) is 5.91 Å². The second-order valence-corrected chi connectivity index (χ2v) is 7.35. The van der Waals surface area contributed by atoms with Crippen LogP contribution in [0.5, 0.6) is 0 Å². The number of rotatable bonds is 4. The molecule has 27 heavy (non-hydrogen) atoms. The highest BCUT2D eigenvalue weighted by molar-refractivity contribution is 6.05. The number of fused-ring (bicyclic) bond motifs is 3. The number of carbonyl (C=O) groups is 2. The fourth-order valence-corrected chi connectivity index (χ4v) is 3.84. The molecule has 1 N–H and O–H groups in total. The van der Waals surface area contributed by atoms with Gasteiger partial charge < -0.3 is 5.32 Å². The number of imidazole rings is 1. The summed E-state index contributed by atoms with van der Waals surface area (Å²) in [5.41, 5.74) is 3.58. The van der Waals surface area contributed by atoms with Gasteiger partial charge in [-0.1, -0.05) is 24.3 Å². The van der Waals surface area contributed by atoms with Crippen LogP contribution in [0, 0.1) is 6.92 Å². The number of anilines is 2. The molecule has 2 aromatic carbocycles. The van der Waals surface area contributed by atoms with E-state index in [9.17, 15) is 9.59 Å². The molecule has 6 heteroatoms. The first kappa shape index (κ1) is 16.1. The van der Waals surface area contributed by atoms with E-state index in [0.717, 1.165) is 35.1 Å². The molecule has 1 aliphatic heterocycles. The third-order valence-electron chi connectivity index (χ3n) is 5.22. The third kappa shape index (κ3) is 2.68. The monoisotopic (exact) mass is 360 g/mol. The standard InChI is InChI=1S/C21H20N4O2/c1-13-5-4-6-14(11-13)22-19(26)12-18-20(27)24(15-9-10-15)21-23-16-7-2-3-8-17(16)25(18)21/h2-8,11,15,18H,9-10,12H2,1H3,(H,22,26)/t18-/m0/s1. The van der Waals surface area contributed by atoms with Crippen molar-refractivity contribution in [2.75, 3.05) is 10.2 Å². The Balaban J connectivity index is 1.47. The van der Waals surface area contributed by atoms with Gasteiger partial charge in [0.05, 0.1) is 17.5 Å². The Kier molecular flexibility index (Phi) is 3.53. The quantitative estimate of drug-likeness (QED) is 0.775. The van der Waals surface area contributed by atoms with Crippen molar-refractivity contribution >= 4 is 34.5 Å². The number of aryl methyl sites for hydroxylation is 1. The zero-order valence-electron chi connectivity index (χ0n) is 15.1. The molecule has 136 valence electrons. The molecule has 0 radical (unpaired) electrons. The molecule has 5 rings (SSSR count). The lowest BCUT2D eigenvalue weighted by Crippen LogP contribution is -2.33. The van der Waals surface area contributed by atoms with Gasteiger partial charge in [0, 0.05) is 11.7 Å². The summed E-state index contributed by atoms with van der Waals surface area (Å²) in [5.74, 6) is 0.488. The Labute approximate surface area is 156 Å². The third-order valence-corrected chi connectivity index (χ3v) is 5.22. The number of nitrogens with zero attached hydrogens (tertiary/aromatic N) is 3. The first-order valence-corrected chi connectivity index (χ1v) is 9.28. The van der Waals surface area contributed by atoms with Gasteiger partial charge in [0.1, 0.15) is 6.04 Å². The van der Waals surface area contributed by atoms with E-state index >= 15 is 0 Å². The molecule has 3 aromatic rings. The predicted molar refractivity (Wildman–Crippen MR) is 104 cm³/mol. The lowest BCUT2D eigenvalue weighted by atomic mass is 10.1. The van der Waals surface area contributed by atoms with Crippen LogP contribution in [0.4, 0.5) is 11.6 Å². The van der Waals surface area contributed by atoms with Crippen LogP contribution in [0.3, 0.4) is 0 Å². The maximum absolute atomic E-state index is 13.1. The van der Waals surface area contributed by atoms with Crippen molar-refractivity contribution in [3.8, 4) is 0 Å². The van der Waals surface area contributed by atoms with E-state index in [2.05, 4.69) is 10.3 Å². The van der Waals surface area contributed by atoms with Crippen molar-refractivity contribution in [1.29, 1.82) is 0 Å². The summed E-state index contributed by atoms with van der Waals surface area (Å²) in [6.45, 7) is 1.98. The summed E-state index contributed by atoms with van der Waals surface area (Å²) < 4.78 is 1.94. The van der Waals surface area contributed by atoms with Gasteiger partial charge in [-0.3, -0.25) is 19.1 Å². The number of carbonyl (C=O) groups excluding carboxylic acids is 2. The highest BCUT2D eigenvalue weighted by Gasteiger charge is 2.47. The van der Waals surface area contributed by atoms with Gasteiger partial charge in [0.15, 0.2) is 0 Å². The molecule has 1 aromatic heterocycles. The molecule has 2 heterocycles. The smallest absolute Gasteiger partial charge is 0.253 e. The summed E-state index contributed by atoms with van der Waals surface area (Å²) in [5, 5.41) is 2.92. The molecule has 0 bridgehead atoms. The number of hydrogen-bond acceptors (Lipinski definition) is 3. The SMILES string of the molecule is Cc1cccc(NC(=O)C[C@H]2C(=O)N(C3CC3)c3nc4ccccc4n32)c1. The maximum atomic E-state index is 13.1. The second-order valence-electron chi connectivity index (χ2n) is 7.35. The van der Waals surface area contributed by atoms with Gasteiger partial charge in [-0.05, 0) is 49.6 Å². The Bertz CT molecular complexity index is 1070. The van der Waals surface area contributed by atoms with E-state index in [1.807, 2.05) is 60.0 Å². The van der Waals surface area contributed by atoms with Crippen LogP contribution >= 0.6 is 0 Å². The summed E-state index contributed by atoms with van der Waals surface area (Å²) in [4.78, 5) is 32.2. The fraction of sp³-hybridized carbons (Fsp3) is 0.286. The van der Waals surface area contributed by atoms with E-state index in [1.165, 1.54) is 0 Å². The van der Waals surface area contributed by atoms with Crippen molar-refractivity contribution in [1.82, 2.24) is 9.55 Å². The molecule has 6 nitrogen and oxygen atoms in total. The van der Waals surface area contributed by atoms with Crippen LogP contribution in [0.1, 0.15) is 30.9 Å². The topological polar surface area (TPSA) is 67.2 Å². The number of aromatic nitrogens is 2. The zero-order valence-corrected chi connectivity index (χ0v) is 15.1. The minimum Gasteiger partial charge on any atom is -0.326 e. The van der Waals surface area contributed by atoms with Crippen molar-refractivity contribution < 1.29 is 9.59 Å². The summed E-state index contributed by atoms with van der Waals surface area (Å²) >= 11 is 0. The van der Waals surface area contributed by atoms with Crippen LogP contribution in [0.15, 0.2) is 48.5 Å². The summed E-state index contributed by atoms with van der Waals surface area (Å²) in [6, 6.07) is 15.1. The average Bonchev–Trinajstić information content (AvgIpc) is 3.34. The number of nitrogens with one attached hydrogen (secondary N) is 1. The lowest BCUT2D eigenvalue weighted by molar-refractivity contribution is -0.124. The van der Waals surface area contributed by atoms with Gasteiger partial charge >= 0.3 is 0 Å². The molecular weight excluding hydrogens is 340 g/mol. The van der Waals surface area contributed by atoms with E-state index in [0.29, 0.717) is 5.95 Å². The summed E-state index contributed by atoms with van der Waals surface area (Å²) in [7, 11) is 0. The summed E-state index contributed by atoms with van der Waals surface area (Å²) in [6.07, 6.45) is 2.09. The Morgan fingerprint density at radius 1 is 1.19 bits per heavy atom. The van der Waals surface area contributed by atoms with Gasteiger partial charge in [-0.25, -0.2) is 4.98 Å². The molecule has 1 atom stereocenters. The van der Waals surface area contributed by atoms with Crippen LogP contribution in [-0.2, 0) is 9.59 Å². The molecule has 0 saturated heterocycles. The number of amides is 2. The minimum atomic E-state index is -0.544. The Morgan fingerprint density at radius 2 is 2.00 bits per heavy atom. The zero-order chi connectivity index (χ0) is 18.5. The lowest BCUT2D eigenvalue weighted by Gasteiger charge is -2.15. The largest absolute Gasteiger partial charge is 0.326 e. The average molecular weight is 360 g/mol. The highest BCUT2D eigenvalue weighted by atomic mass is 16.2. The molecule has 0 spiro atoms. The van der Waals surface area contributed by atoms with E-state index < -0.39 is 6.04 Å². The molecule has 2 aliphatic rings. The van der Waals surface area contributed by atoms with Crippen LogP contribution < -0.4 is 10.2 Å². The first-order valence-electron chi connectivity index (χ1n) is 9.28. The van der Waals surface area contributed by atoms with Gasteiger partial charge in [0.2, 0.25) is 11.9 Å². The second kappa shape index (κ2) is 5.94. The normalized spacial score (nSPS) is 18.8. The van der Waals surface area contributed by atoms with Crippen molar-refractivity contribution in [3.05, 3.63) is 54.1 Å². The van der Waals surface area contributed by atoms with Gasteiger partial charge in [-0.2, -0.15) is 0 Å². The van der Waals surface area contributed by atoms with E-state index in [4.69, 9.17) is 0 Å². The minimum absolute atomic E-state index is 0.0230. The predicted octanol–water partition coefficient (Wildman–Crippen LogP) is 3.42. The van der Waals surface area contributed by atoms with Crippen molar-refractivity contribution in [2.24, 2.45) is 0 Å². The van der Waals surface area contributed by atoms with Crippen LogP contribution in [0.25, 0.3) is 11.0 Å². The molecule has 1 saturated carbocycles. The van der Waals surface area contributed by atoms with Crippen molar-refractivity contribution in [2.45, 2.75) is 38.3 Å². The highest BCUT2D eigenvalue weighted by Crippen LogP contribution is 2.42. The fourth-order valence-electron chi connectivity index (χ4n) is 3.84. The van der Waals surface area contributed by atoms with Crippen LogP contribution in [0.2, 0.25) is 0 Å². The first-order chi connectivity index (χ1) is 13.1. The molecular formula is C21H20N4O2. The number of para-hydroxylation sites is 2. The van der Waals surface area contributed by atoms with Gasteiger partial charge in [-0.15, -0.1) is 0 Å². The molecule has 1 aliphatic carbocycles. The van der Waals surface area contributed by atoms with E-state index in [-0.39, 0.29) is 24.3 Å².